The molecule has 23 heavy (non-hydrogen) atoms. The standard InChI is InChI=1S/C19H24N4/c1-5-19-21-15(4)16(22-19)11-10-14(3)23-12-13(2)20-17-8-6-7-9-18(17)23/h6-9,20H,2-3,5,10-12H2,1,4H3,(H,21,22). The van der Waals surface area contributed by atoms with Gasteiger partial charge in [0.1, 0.15) is 5.82 Å². The van der Waals surface area contributed by atoms with Crippen molar-refractivity contribution in [2.24, 2.45) is 0 Å². The fraction of sp³-hybridized carbons (Fsp3) is 0.316. The first-order valence-corrected chi connectivity index (χ1v) is 8.12. The highest BCUT2D eigenvalue weighted by molar-refractivity contribution is 5.77. The molecule has 4 heteroatoms. The van der Waals surface area contributed by atoms with Crippen LogP contribution in [0, 0.1) is 6.92 Å². The predicted octanol–water partition coefficient (Wildman–Crippen LogP) is 4.17. The molecule has 0 saturated heterocycles. The number of H-pyrrole nitrogens is 1. The van der Waals surface area contributed by atoms with E-state index < -0.39 is 0 Å². The van der Waals surface area contributed by atoms with Gasteiger partial charge in [-0.25, -0.2) is 4.98 Å². The largest absolute Gasteiger partial charge is 0.356 e. The maximum absolute atomic E-state index is 4.66. The summed E-state index contributed by atoms with van der Waals surface area (Å²) >= 11 is 0. The first-order valence-electron chi connectivity index (χ1n) is 8.12. The highest BCUT2D eigenvalue weighted by atomic mass is 15.2. The Labute approximate surface area is 137 Å². The van der Waals surface area contributed by atoms with Crippen LogP contribution in [0.5, 0.6) is 0 Å². The van der Waals surface area contributed by atoms with Crippen LogP contribution in [0.1, 0.15) is 30.6 Å². The number of imidazole rings is 1. The van der Waals surface area contributed by atoms with Gasteiger partial charge in [0.05, 0.1) is 23.6 Å². The quantitative estimate of drug-likeness (QED) is 0.871. The molecule has 1 aliphatic heterocycles. The molecule has 2 heterocycles. The highest BCUT2D eigenvalue weighted by Gasteiger charge is 2.20. The van der Waals surface area contributed by atoms with Gasteiger partial charge in [0.15, 0.2) is 0 Å². The Balaban J connectivity index is 1.73. The predicted molar refractivity (Wildman–Crippen MR) is 96.7 cm³/mol. The lowest BCUT2D eigenvalue weighted by Gasteiger charge is -2.34. The van der Waals surface area contributed by atoms with Crippen molar-refractivity contribution in [1.29, 1.82) is 0 Å². The molecular weight excluding hydrogens is 284 g/mol. The molecule has 2 N–H and O–H groups in total. The number of para-hydroxylation sites is 2. The molecule has 1 aromatic carbocycles. The number of hydrogen-bond donors (Lipinski definition) is 2. The van der Waals surface area contributed by atoms with Gasteiger partial charge in [-0.2, -0.15) is 0 Å². The Hall–Kier alpha value is -2.49. The molecule has 0 amide bonds. The van der Waals surface area contributed by atoms with E-state index in [1.807, 2.05) is 6.07 Å². The summed E-state index contributed by atoms with van der Waals surface area (Å²) in [5.41, 5.74) is 6.66. The first-order chi connectivity index (χ1) is 11.1. The van der Waals surface area contributed by atoms with Crippen molar-refractivity contribution < 1.29 is 0 Å². The topological polar surface area (TPSA) is 44.0 Å². The third kappa shape index (κ3) is 3.16. The summed E-state index contributed by atoms with van der Waals surface area (Å²) in [5, 5.41) is 3.34. The Morgan fingerprint density at radius 3 is 2.87 bits per heavy atom. The fourth-order valence-electron chi connectivity index (χ4n) is 2.97. The van der Waals surface area contributed by atoms with Gasteiger partial charge in [-0.05, 0) is 31.9 Å². The van der Waals surface area contributed by atoms with Crippen LogP contribution >= 0.6 is 0 Å². The van der Waals surface area contributed by atoms with E-state index in [1.165, 1.54) is 5.69 Å². The normalized spacial score (nSPS) is 13.7. The summed E-state index contributed by atoms with van der Waals surface area (Å²) < 4.78 is 0. The zero-order valence-corrected chi connectivity index (χ0v) is 13.9. The van der Waals surface area contributed by atoms with E-state index in [0.29, 0.717) is 0 Å². The molecule has 0 fully saturated rings. The lowest BCUT2D eigenvalue weighted by molar-refractivity contribution is 0.827. The summed E-state index contributed by atoms with van der Waals surface area (Å²) in [7, 11) is 0. The molecule has 2 aromatic rings. The van der Waals surface area contributed by atoms with E-state index in [2.05, 4.69) is 65.4 Å². The van der Waals surface area contributed by atoms with Crippen molar-refractivity contribution in [3.63, 3.8) is 0 Å². The summed E-state index contributed by atoms with van der Waals surface area (Å²) in [5.74, 6) is 1.06. The minimum absolute atomic E-state index is 0.760. The molecule has 0 aliphatic carbocycles. The smallest absolute Gasteiger partial charge is 0.106 e. The number of aryl methyl sites for hydroxylation is 3. The number of anilines is 2. The first kappa shape index (κ1) is 15.4. The van der Waals surface area contributed by atoms with Crippen molar-refractivity contribution in [3.05, 3.63) is 66.0 Å². The van der Waals surface area contributed by atoms with E-state index in [-0.39, 0.29) is 0 Å². The number of nitrogens with one attached hydrogen (secondary N) is 2. The van der Waals surface area contributed by atoms with Crippen LogP contribution in [-0.4, -0.2) is 16.5 Å². The van der Waals surface area contributed by atoms with Crippen molar-refractivity contribution in [2.75, 3.05) is 16.8 Å². The van der Waals surface area contributed by atoms with Gasteiger partial charge in [0, 0.05) is 23.5 Å². The number of aromatic nitrogens is 2. The number of hydrogen-bond acceptors (Lipinski definition) is 3. The van der Waals surface area contributed by atoms with E-state index in [1.54, 1.807) is 0 Å². The Morgan fingerprint density at radius 1 is 1.35 bits per heavy atom. The molecular formula is C19H24N4. The van der Waals surface area contributed by atoms with E-state index in [9.17, 15) is 0 Å². The summed E-state index contributed by atoms with van der Waals surface area (Å²) in [6.45, 7) is 13.3. The van der Waals surface area contributed by atoms with Gasteiger partial charge in [-0.15, -0.1) is 0 Å². The Morgan fingerprint density at radius 2 is 2.13 bits per heavy atom. The SMILES string of the molecule is C=C1CN(C(=C)CCc2nc(CC)[nH]c2C)c2ccccc2N1. The van der Waals surface area contributed by atoms with E-state index in [4.69, 9.17) is 0 Å². The molecule has 0 atom stereocenters. The molecule has 1 aliphatic rings. The molecule has 0 bridgehead atoms. The van der Waals surface area contributed by atoms with Gasteiger partial charge in [-0.1, -0.05) is 32.2 Å². The minimum Gasteiger partial charge on any atom is -0.356 e. The second-order valence-electron chi connectivity index (χ2n) is 6.01. The second kappa shape index (κ2) is 6.32. The van der Waals surface area contributed by atoms with Crippen LogP contribution in [0.3, 0.4) is 0 Å². The number of allylic oxidation sites excluding steroid dienone is 1. The molecule has 4 nitrogen and oxygen atoms in total. The number of fused-ring (bicyclic) bond motifs is 1. The maximum Gasteiger partial charge on any atom is 0.106 e. The number of rotatable bonds is 5. The van der Waals surface area contributed by atoms with Gasteiger partial charge in [-0.3, -0.25) is 0 Å². The lowest BCUT2D eigenvalue weighted by Crippen LogP contribution is -2.31. The summed E-state index contributed by atoms with van der Waals surface area (Å²) in [6.07, 6.45) is 2.73. The third-order valence-electron chi connectivity index (χ3n) is 4.26. The molecule has 0 saturated carbocycles. The van der Waals surface area contributed by atoms with Crippen LogP contribution in [-0.2, 0) is 12.8 Å². The zero-order chi connectivity index (χ0) is 16.4. The van der Waals surface area contributed by atoms with Crippen LogP contribution in [0.15, 0.2) is 48.8 Å². The zero-order valence-electron chi connectivity index (χ0n) is 13.9. The molecule has 3 rings (SSSR count). The van der Waals surface area contributed by atoms with Crippen LogP contribution < -0.4 is 10.2 Å². The summed E-state index contributed by atoms with van der Waals surface area (Å²) in [6, 6.07) is 8.28. The fourth-order valence-corrected chi connectivity index (χ4v) is 2.97. The highest BCUT2D eigenvalue weighted by Crippen LogP contribution is 2.34. The average Bonchev–Trinajstić information content (AvgIpc) is 2.92. The third-order valence-corrected chi connectivity index (χ3v) is 4.26. The van der Waals surface area contributed by atoms with Gasteiger partial charge < -0.3 is 15.2 Å². The molecule has 0 spiro atoms. The lowest BCUT2D eigenvalue weighted by atomic mass is 10.1. The molecule has 0 unspecified atom stereocenters. The second-order valence-corrected chi connectivity index (χ2v) is 6.01. The van der Waals surface area contributed by atoms with Crippen molar-refractivity contribution in [3.8, 4) is 0 Å². The summed E-state index contributed by atoms with van der Waals surface area (Å²) in [4.78, 5) is 10.2. The number of aromatic amines is 1. The van der Waals surface area contributed by atoms with Crippen molar-refractivity contribution in [1.82, 2.24) is 9.97 Å². The Bertz CT molecular complexity index is 742. The minimum atomic E-state index is 0.760. The molecule has 120 valence electrons. The number of benzene rings is 1. The van der Waals surface area contributed by atoms with E-state index in [0.717, 1.165) is 60.1 Å². The number of nitrogens with zero attached hydrogens (tertiary/aromatic N) is 2. The Kier molecular flexibility index (Phi) is 4.24. The van der Waals surface area contributed by atoms with Gasteiger partial charge >= 0.3 is 0 Å². The molecule has 0 radical (unpaired) electrons. The van der Waals surface area contributed by atoms with Crippen LogP contribution in [0.2, 0.25) is 0 Å². The van der Waals surface area contributed by atoms with Crippen molar-refractivity contribution in [2.45, 2.75) is 33.1 Å². The van der Waals surface area contributed by atoms with Crippen LogP contribution in [0.25, 0.3) is 0 Å². The average molecular weight is 308 g/mol. The van der Waals surface area contributed by atoms with Gasteiger partial charge in [0.25, 0.3) is 0 Å². The monoisotopic (exact) mass is 308 g/mol. The maximum atomic E-state index is 4.66. The van der Waals surface area contributed by atoms with E-state index >= 15 is 0 Å². The van der Waals surface area contributed by atoms with Gasteiger partial charge in [0.2, 0.25) is 0 Å². The van der Waals surface area contributed by atoms with Crippen molar-refractivity contribution >= 4 is 11.4 Å². The van der Waals surface area contributed by atoms with Crippen LogP contribution in [0.4, 0.5) is 11.4 Å². The molecule has 1 aromatic heterocycles.